The lowest BCUT2D eigenvalue weighted by Crippen LogP contribution is -2.47. The summed E-state index contributed by atoms with van der Waals surface area (Å²) < 4.78 is 97.4. The Balaban J connectivity index is 1.77. The van der Waals surface area contributed by atoms with E-state index in [1.165, 1.54) is 27.7 Å². The number of rotatable bonds is 9. The van der Waals surface area contributed by atoms with E-state index in [2.05, 4.69) is 20.6 Å². The second-order valence-corrected chi connectivity index (χ2v) is 12.3. The molecule has 0 aromatic carbocycles. The zero-order chi connectivity index (χ0) is 31.4. The van der Waals surface area contributed by atoms with Gasteiger partial charge in [-0.25, -0.2) is 27.5 Å². The van der Waals surface area contributed by atoms with Crippen LogP contribution in [0.2, 0.25) is 0 Å². The summed E-state index contributed by atoms with van der Waals surface area (Å²) in [5.74, 6) is -6.29. The van der Waals surface area contributed by atoms with Gasteiger partial charge in [0, 0.05) is 29.8 Å². The molecule has 3 heterocycles. The molecule has 1 saturated heterocycles. The molecule has 2 aromatic rings. The Hall–Kier alpha value is -3.01. The fourth-order valence-electron chi connectivity index (χ4n) is 4.58. The minimum absolute atomic E-state index is 0.285. The van der Waals surface area contributed by atoms with Crippen LogP contribution in [0.5, 0.6) is 0 Å². The Morgan fingerprint density at radius 3 is 2.36 bits per heavy atom. The third kappa shape index (κ3) is 6.96. The molecule has 8 nitrogen and oxygen atoms in total. The first-order chi connectivity index (χ1) is 19.3. The Kier molecular flexibility index (Phi) is 8.54. The molecular weight excluding hydrogens is 595 g/mol. The van der Waals surface area contributed by atoms with Crippen LogP contribution in [-0.4, -0.2) is 74.2 Å². The van der Waals surface area contributed by atoms with Crippen molar-refractivity contribution in [2.45, 2.75) is 89.2 Å². The lowest BCUT2D eigenvalue weighted by Gasteiger charge is -2.26. The molecule has 4 rings (SSSR count). The number of alkyl halides is 7. The van der Waals surface area contributed by atoms with Crippen molar-refractivity contribution in [1.29, 1.82) is 0 Å². The minimum Gasteiger partial charge on any atom is -0.388 e. The van der Waals surface area contributed by atoms with Crippen LogP contribution in [-0.2, 0) is 0 Å². The highest BCUT2D eigenvalue weighted by Gasteiger charge is 2.49. The minimum atomic E-state index is -4.65. The number of hydrogen-bond acceptors (Lipinski definition) is 7. The van der Waals surface area contributed by atoms with Crippen LogP contribution in [0.3, 0.4) is 0 Å². The maximum atomic E-state index is 14.3. The highest BCUT2D eigenvalue weighted by atomic mass is 32.1. The van der Waals surface area contributed by atoms with Crippen LogP contribution in [0.1, 0.15) is 79.2 Å². The largest absolute Gasteiger partial charge is 0.408 e. The zero-order valence-electron chi connectivity index (χ0n) is 23.0. The molecule has 0 bridgehead atoms. The van der Waals surface area contributed by atoms with Crippen molar-refractivity contribution in [1.82, 2.24) is 20.2 Å². The predicted octanol–water partition coefficient (Wildman–Crippen LogP) is 5.65. The number of nitrogens with zero attached hydrogens (tertiary/aromatic N) is 3. The molecule has 2 amide bonds. The molecule has 1 aliphatic carbocycles. The lowest BCUT2D eigenvalue weighted by molar-refractivity contribution is -0.146. The number of carbonyl (C=O) groups excluding carboxylic acids is 2. The number of nitrogens with one attached hydrogen (secondary N) is 2. The van der Waals surface area contributed by atoms with Gasteiger partial charge >= 0.3 is 6.18 Å². The van der Waals surface area contributed by atoms with Crippen LogP contribution in [0.4, 0.5) is 36.6 Å². The molecule has 1 aliphatic heterocycles. The average Bonchev–Trinajstić information content (AvgIpc) is 3.52. The van der Waals surface area contributed by atoms with Gasteiger partial charge in [0.15, 0.2) is 5.01 Å². The van der Waals surface area contributed by atoms with Gasteiger partial charge in [0.2, 0.25) is 0 Å². The van der Waals surface area contributed by atoms with Gasteiger partial charge < -0.3 is 20.6 Å². The number of aromatic nitrogens is 2. The van der Waals surface area contributed by atoms with E-state index >= 15 is 0 Å². The van der Waals surface area contributed by atoms with Crippen LogP contribution in [0, 0.1) is 5.92 Å². The van der Waals surface area contributed by atoms with E-state index in [4.69, 9.17) is 0 Å². The first kappa shape index (κ1) is 31.9. The quantitative estimate of drug-likeness (QED) is 0.311. The maximum absolute atomic E-state index is 14.3. The number of pyridine rings is 1. The number of anilines is 1. The summed E-state index contributed by atoms with van der Waals surface area (Å²) in [6, 6.07) is -3.01. The third-order valence-corrected chi connectivity index (χ3v) is 8.47. The second-order valence-electron chi connectivity index (χ2n) is 11.3. The number of amides is 2. The van der Waals surface area contributed by atoms with Gasteiger partial charge in [0.05, 0.1) is 23.1 Å². The Morgan fingerprint density at radius 1 is 1.21 bits per heavy atom. The fraction of sp³-hybridized carbons (Fsp3) is 0.615. The summed E-state index contributed by atoms with van der Waals surface area (Å²) in [5.41, 5.74) is -3.10. The van der Waals surface area contributed by atoms with Gasteiger partial charge in [-0.1, -0.05) is 0 Å². The molecule has 2 aromatic heterocycles. The van der Waals surface area contributed by atoms with Crippen molar-refractivity contribution < 1.29 is 45.4 Å². The molecule has 3 atom stereocenters. The van der Waals surface area contributed by atoms with E-state index in [1.54, 1.807) is 0 Å². The lowest BCUT2D eigenvalue weighted by atomic mass is 10.0. The molecule has 0 spiro atoms. The van der Waals surface area contributed by atoms with Gasteiger partial charge in [0.25, 0.3) is 24.2 Å². The second kappa shape index (κ2) is 11.2. The number of likely N-dealkylation sites (tertiary alicyclic amines) is 1. The van der Waals surface area contributed by atoms with E-state index in [1.807, 2.05) is 0 Å². The standard InChI is InChI=1S/C26H30F7N5O3S/c1-11-8-25(29,30)10-38(11)23(40)17-18(42-22(37-17)21(39)35-12(2)24(3,4)41)15-9-34-16(7-14(15)20(27)28)36-19(13-5-6-13)26(31,32)33/h7,9,11-13,19-20,41H,5-6,8,10H2,1-4H3,(H,34,36)(H,35,39)/t11-,12+,19-/m0/s1. The molecule has 2 aliphatic rings. The molecule has 232 valence electrons. The SMILES string of the molecule is C[C@H]1CC(F)(F)CN1C(=O)c1nc(C(=O)N[C@H](C)C(C)(C)O)sc1-c1cnc(N[C@@H](C2CC2)C(F)(F)F)cc1C(F)F. The van der Waals surface area contributed by atoms with Crippen LogP contribution >= 0.6 is 11.3 Å². The van der Waals surface area contributed by atoms with Crippen molar-refractivity contribution in [3.63, 3.8) is 0 Å². The smallest absolute Gasteiger partial charge is 0.388 e. The van der Waals surface area contributed by atoms with Crippen molar-refractivity contribution in [2.75, 3.05) is 11.9 Å². The van der Waals surface area contributed by atoms with Gasteiger partial charge in [-0.3, -0.25) is 9.59 Å². The molecule has 0 radical (unpaired) electrons. The number of carbonyl (C=O) groups is 2. The average molecular weight is 626 g/mol. The van der Waals surface area contributed by atoms with Crippen molar-refractivity contribution in [3.05, 3.63) is 28.5 Å². The van der Waals surface area contributed by atoms with Gasteiger partial charge in [-0.2, -0.15) is 13.2 Å². The van der Waals surface area contributed by atoms with Gasteiger partial charge in [-0.05, 0) is 52.5 Å². The summed E-state index contributed by atoms with van der Waals surface area (Å²) in [6.45, 7) is 4.78. The highest BCUT2D eigenvalue weighted by molar-refractivity contribution is 7.17. The van der Waals surface area contributed by atoms with Gasteiger partial charge in [-0.15, -0.1) is 11.3 Å². The molecule has 16 heteroatoms. The van der Waals surface area contributed by atoms with Crippen LogP contribution < -0.4 is 10.6 Å². The summed E-state index contributed by atoms with van der Waals surface area (Å²) in [4.78, 5) is 34.9. The van der Waals surface area contributed by atoms with E-state index in [-0.39, 0.29) is 15.4 Å². The monoisotopic (exact) mass is 625 g/mol. The Morgan fingerprint density at radius 2 is 1.86 bits per heavy atom. The van der Waals surface area contributed by atoms with Crippen LogP contribution in [0.15, 0.2) is 12.3 Å². The number of halogens is 7. The molecule has 0 unspecified atom stereocenters. The van der Waals surface area contributed by atoms with E-state index in [0.29, 0.717) is 24.2 Å². The Labute approximate surface area is 240 Å². The van der Waals surface area contributed by atoms with E-state index in [0.717, 1.165) is 17.2 Å². The first-order valence-corrected chi connectivity index (χ1v) is 13.9. The van der Waals surface area contributed by atoms with Crippen LogP contribution in [0.25, 0.3) is 10.4 Å². The van der Waals surface area contributed by atoms with Gasteiger partial charge in [0.1, 0.15) is 17.6 Å². The number of thiazole rings is 1. The molecular formula is C26H30F7N5O3S. The fourth-order valence-corrected chi connectivity index (χ4v) is 5.57. The number of aliphatic hydroxyl groups is 1. The predicted molar refractivity (Wildman–Crippen MR) is 140 cm³/mol. The summed E-state index contributed by atoms with van der Waals surface area (Å²) >= 11 is 0.519. The van der Waals surface area contributed by atoms with Crippen molar-refractivity contribution >= 4 is 29.0 Å². The first-order valence-electron chi connectivity index (χ1n) is 13.1. The molecule has 2 fully saturated rings. The van der Waals surface area contributed by atoms with E-state index < -0.39 is 90.0 Å². The Bertz CT molecular complexity index is 1340. The van der Waals surface area contributed by atoms with Crippen molar-refractivity contribution in [3.8, 4) is 10.4 Å². The maximum Gasteiger partial charge on any atom is 0.408 e. The summed E-state index contributed by atoms with van der Waals surface area (Å²) in [7, 11) is 0. The summed E-state index contributed by atoms with van der Waals surface area (Å²) in [5, 5.41) is 14.5. The number of hydrogen-bond donors (Lipinski definition) is 3. The molecule has 1 saturated carbocycles. The zero-order valence-corrected chi connectivity index (χ0v) is 23.8. The van der Waals surface area contributed by atoms with E-state index in [9.17, 15) is 45.4 Å². The summed E-state index contributed by atoms with van der Waals surface area (Å²) in [6.07, 6.45) is -7.07. The normalized spacial score (nSPS) is 20.5. The third-order valence-electron chi connectivity index (χ3n) is 7.39. The van der Waals surface area contributed by atoms with Crippen molar-refractivity contribution in [2.24, 2.45) is 5.92 Å². The molecule has 42 heavy (non-hydrogen) atoms. The highest BCUT2D eigenvalue weighted by Crippen LogP contribution is 2.43. The topological polar surface area (TPSA) is 107 Å². The molecule has 3 N–H and O–H groups in total.